The minimum atomic E-state index is 0. The third-order valence-corrected chi connectivity index (χ3v) is 9.27. The standard InChI is InChI=1S/C23H29.C13H19.C6H5.CH3.CH2.2ClH.Zr/c1-14-9-16-11-17-10-15(2)21(23(6,7)8)13-19(17)18(16)12-20(14)22(3,4)5;1-11-6-7-12(10-11)13(2)8-4-3-5-9-13;1-2-4-6-5-3-1;;;;;/h9,12-13H,11H2,1-8H3;7,10-11H,3-5,8-9H2,1-2H3;1-5H;1H3;1H2;2*1H;/q4*-1;;;;. The zero-order chi connectivity index (χ0) is 32.7. The van der Waals surface area contributed by atoms with Gasteiger partial charge in [-0.3, -0.25) is 6.08 Å². The van der Waals surface area contributed by atoms with Crippen LogP contribution < -0.4 is 0 Å². The molecule has 0 saturated heterocycles. The summed E-state index contributed by atoms with van der Waals surface area (Å²) in [6.07, 6.45) is 16.0. The van der Waals surface area contributed by atoms with Gasteiger partial charge in [-0.25, -0.2) is 6.08 Å². The molecular weight excluding hydrogens is 691 g/mol. The van der Waals surface area contributed by atoms with E-state index in [0.717, 1.165) is 6.42 Å². The van der Waals surface area contributed by atoms with E-state index in [2.05, 4.69) is 122 Å². The molecule has 1 atom stereocenters. The predicted octanol–water partition coefficient (Wildman–Crippen LogP) is 12.9. The van der Waals surface area contributed by atoms with E-state index < -0.39 is 0 Å². The van der Waals surface area contributed by atoms with E-state index in [4.69, 9.17) is 0 Å². The first-order chi connectivity index (χ1) is 20.7. The molecule has 0 amide bonds. The Morgan fingerprint density at radius 2 is 1.36 bits per heavy atom. The van der Waals surface area contributed by atoms with Gasteiger partial charge < -0.3 is 7.43 Å². The van der Waals surface area contributed by atoms with Crippen molar-refractivity contribution in [2.75, 3.05) is 0 Å². The van der Waals surface area contributed by atoms with E-state index >= 15 is 0 Å². The molecule has 3 heteroatoms. The van der Waals surface area contributed by atoms with E-state index in [9.17, 15) is 0 Å². The molecule has 0 nitrogen and oxygen atoms in total. The molecule has 0 radical (unpaired) electrons. The van der Waals surface area contributed by atoms with Crippen LogP contribution in [0.3, 0.4) is 0 Å². The predicted molar refractivity (Wildman–Crippen MR) is 210 cm³/mol. The molecule has 3 aliphatic carbocycles. The molecule has 0 spiro atoms. The zero-order valence-electron chi connectivity index (χ0n) is 31.1. The molecule has 1 unspecified atom stereocenters. The number of allylic oxidation sites excluding steroid dienone is 4. The van der Waals surface area contributed by atoms with Crippen LogP contribution in [0.2, 0.25) is 0 Å². The minimum absolute atomic E-state index is 0. The second-order valence-corrected chi connectivity index (χ2v) is 15.1. The van der Waals surface area contributed by atoms with E-state index in [1.165, 1.54) is 101 Å². The fraction of sp³-hybridized carbons (Fsp3) is 0.455. The second-order valence-electron chi connectivity index (χ2n) is 15.1. The van der Waals surface area contributed by atoms with Gasteiger partial charge in [-0.1, -0.05) is 129 Å². The van der Waals surface area contributed by atoms with Crippen molar-refractivity contribution >= 4 is 29.0 Å². The number of hydrogen-bond donors (Lipinski definition) is 0. The zero-order valence-corrected chi connectivity index (χ0v) is 35.2. The molecule has 6 rings (SSSR count). The number of aryl methyl sites for hydroxylation is 2. The Bertz CT molecular complexity index is 1350. The SMILES string of the molecule is CC1[C-]=CC(C2(C)CCCCC2)=C1.Cc1[c-]c2c(cc1C(C)(C)C)-c1cc(C(C)(C)C)c(C)cc1C2.Cl.Cl.[CH2]=[Zr].[CH3-].[c-]1ccccc1. The van der Waals surface area contributed by atoms with Gasteiger partial charge in [-0.05, 0) is 35.4 Å². The van der Waals surface area contributed by atoms with Crippen LogP contribution in [0.25, 0.3) is 11.1 Å². The largest absolute Gasteiger partial charge is 0.358 e. The summed E-state index contributed by atoms with van der Waals surface area (Å²) in [5, 5.41) is 0. The molecule has 1 saturated carbocycles. The van der Waals surface area contributed by atoms with Crippen molar-refractivity contribution in [3.05, 3.63) is 125 Å². The molecule has 0 aromatic heterocycles. The third-order valence-electron chi connectivity index (χ3n) is 9.27. The third kappa shape index (κ3) is 12.1. The van der Waals surface area contributed by atoms with Crippen molar-refractivity contribution in [2.45, 2.75) is 119 Å². The maximum absolute atomic E-state index is 3.69. The molecule has 3 aromatic rings. The second kappa shape index (κ2) is 19.6. The molecule has 0 bridgehead atoms. The molecule has 0 heterocycles. The Morgan fingerprint density at radius 1 is 0.809 bits per heavy atom. The van der Waals surface area contributed by atoms with Crippen LogP contribution in [0.4, 0.5) is 0 Å². The van der Waals surface area contributed by atoms with Crippen molar-refractivity contribution in [1.29, 1.82) is 0 Å². The minimum Gasteiger partial charge on any atom is -0.358 e. The molecule has 47 heavy (non-hydrogen) atoms. The Morgan fingerprint density at radius 3 is 1.81 bits per heavy atom. The summed E-state index contributed by atoms with van der Waals surface area (Å²) in [5.41, 5.74) is 13.6. The first-order valence-electron chi connectivity index (χ1n) is 16.5. The topological polar surface area (TPSA) is 0 Å². The first-order valence-corrected chi connectivity index (χ1v) is 18.2. The normalized spacial score (nSPS) is 16.7. The van der Waals surface area contributed by atoms with Crippen molar-refractivity contribution in [3.8, 4) is 11.1 Å². The maximum Gasteiger partial charge on any atom is -0.171 e. The van der Waals surface area contributed by atoms with E-state index in [0.29, 0.717) is 11.3 Å². The Balaban J connectivity index is 0.000000746. The fourth-order valence-corrected chi connectivity index (χ4v) is 6.95. The van der Waals surface area contributed by atoms with Crippen molar-refractivity contribution in [3.63, 3.8) is 0 Å². The van der Waals surface area contributed by atoms with E-state index in [1.54, 1.807) is 5.57 Å². The summed E-state index contributed by atoms with van der Waals surface area (Å²) in [6, 6.07) is 23.4. The summed E-state index contributed by atoms with van der Waals surface area (Å²) < 4.78 is 3.34. The summed E-state index contributed by atoms with van der Waals surface area (Å²) in [5.74, 6) is 0.550. The average molecular weight is 751 g/mol. The molecule has 0 N–H and O–H groups in total. The van der Waals surface area contributed by atoms with Crippen molar-refractivity contribution in [2.24, 2.45) is 11.3 Å². The number of benzene rings is 3. The smallest absolute Gasteiger partial charge is 0.171 e. The van der Waals surface area contributed by atoms with Gasteiger partial charge in [-0.2, -0.15) is 65.7 Å². The van der Waals surface area contributed by atoms with Gasteiger partial charge in [0.15, 0.2) is 0 Å². The monoisotopic (exact) mass is 748 g/mol. The summed E-state index contributed by atoms with van der Waals surface area (Å²) >= 11 is 1.30. The first kappa shape index (κ1) is 45.5. The van der Waals surface area contributed by atoms with Crippen LogP contribution in [-0.2, 0) is 41.5 Å². The number of hydrogen-bond acceptors (Lipinski definition) is 0. The van der Waals surface area contributed by atoms with Gasteiger partial charge in [-0.15, -0.1) is 41.5 Å². The van der Waals surface area contributed by atoms with Gasteiger partial charge >= 0.3 is 28.4 Å². The van der Waals surface area contributed by atoms with E-state index in [-0.39, 0.29) is 43.1 Å². The number of fused-ring (bicyclic) bond motifs is 3. The molecule has 1 fully saturated rings. The van der Waals surface area contributed by atoms with Gasteiger partial charge in [0.25, 0.3) is 0 Å². The molecule has 0 aliphatic heterocycles. The molecule has 3 aromatic carbocycles. The van der Waals surface area contributed by atoms with Gasteiger partial charge in [0.1, 0.15) is 0 Å². The summed E-state index contributed by atoms with van der Waals surface area (Å²) in [4.78, 5) is 0. The van der Waals surface area contributed by atoms with Gasteiger partial charge in [0.2, 0.25) is 0 Å². The van der Waals surface area contributed by atoms with E-state index in [1.807, 2.05) is 30.3 Å². The van der Waals surface area contributed by atoms with Crippen LogP contribution in [0.1, 0.15) is 121 Å². The summed E-state index contributed by atoms with van der Waals surface area (Å²) in [7, 11) is 0. The summed E-state index contributed by atoms with van der Waals surface area (Å²) in [6.45, 7) is 22.9. The fourth-order valence-electron chi connectivity index (χ4n) is 6.95. The van der Waals surface area contributed by atoms with Gasteiger partial charge in [0, 0.05) is 0 Å². The van der Waals surface area contributed by atoms with Crippen LogP contribution in [0, 0.1) is 50.8 Å². The van der Waals surface area contributed by atoms with Crippen LogP contribution in [0.15, 0.2) is 66.3 Å². The van der Waals surface area contributed by atoms with Crippen LogP contribution in [0.5, 0.6) is 0 Å². The van der Waals surface area contributed by atoms with Gasteiger partial charge in [0.05, 0.1) is 0 Å². The molecule has 258 valence electrons. The molecule has 3 aliphatic rings. The van der Waals surface area contributed by atoms with Crippen molar-refractivity contribution in [1.82, 2.24) is 0 Å². The van der Waals surface area contributed by atoms with Crippen LogP contribution >= 0.6 is 24.8 Å². The average Bonchev–Trinajstić information content (AvgIpc) is 3.57. The number of rotatable bonds is 1. The van der Waals surface area contributed by atoms with Crippen LogP contribution in [-0.4, -0.2) is 4.21 Å². The number of halogens is 2. The maximum atomic E-state index is 3.69. The quantitative estimate of drug-likeness (QED) is 0.170. The Hall–Kier alpha value is -1.53. The Labute approximate surface area is 317 Å². The van der Waals surface area contributed by atoms with Crippen molar-refractivity contribution < 1.29 is 24.2 Å². The Kier molecular flexibility index (Phi) is 19.0. The molecular formula is C44H60Cl2Zr-4.